The molecule has 1 saturated heterocycles. The summed E-state index contributed by atoms with van der Waals surface area (Å²) in [5.41, 5.74) is -0.476. The normalized spacial score (nSPS) is 21.6. The quantitative estimate of drug-likeness (QED) is 0.724. The van der Waals surface area contributed by atoms with Gasteiger partial charge >= 0.3 is 11.9 Å². The van der Waals surface area contributed by atoms with Crippen LogP contribution >= 0.6 is 0 Å². The first-order valence-electron chi connectivity index (χ1n) is 7.39. The van der Waals surface area contributed by atoms with Crippen LogP contribution in [0.15, 0.2) is 0 Å². The summed E-state index contributed by atoms with van der Waals surface area (Å²) >= 11 is 0. The van der Waals surface area contributed by atoms with E-state index in [1.165, 1.54) is 0 Å². The summed E-state index contributed by atoms with van der Waals surface area (Å²) in [4.78, 5) is 25.8. The Morgan fingerprint density at radius 1 is 1.35 bits per heavy atom. The van der Waals surface area contributed by atoms with Crippen molar-refractivity contribution in [2.24, 2.45) is 0 Å². The molecule has 0 aromatic rings. The standard InChI is InChI=1S/C15H27NO4/c1-6-19-13(17)10-11(2)16-9-7-8-12(16)14(18)20-15(3,4)5/h11-12H,6-10H2,1-5H3/t11?,12-/m0/s1. The first-order valence-corrected chi connectivity index (χ1v) is 7.39. The number of carbonyl (C=O) groups is 2. The third-order valence-electron chi connectivity index (χ3n) is 3.31. The van der Waals surface area contributed by atoms with Crippen molar-refractivity contribution in [3.05, 3.63) is 0 Å². The lowest BCUT2D eigenvalue weighted by molar-refractivity contribution is -0.162. The molecule has 0 radical (unpaired) electrons. The molecule has 2 atom stereocenters. The number of esters is 2. The van der Waals surface area contributed by atoms with Crippen molar-refractivity contribution < 1.29 is 19.1 Å². The summed E-state index contributed by atoms with van der Waals surface area (Å²) in [6, 6.07) is -0.243. The number of ether oxygens (including phenoxy) is 2. The number of likely N-dealkylation sites (tertiary alicyclic amines) is 1. The molecule has 0 amide bonds. The molecule has 0 saturated carbocycles. The van der Waals surface area contributed by atoms with Crippen LogP contribution in [-0.4, -0.2) is 47.7 Å². The smallest absolute Gasteiger partial charge is 0.323 e. The fourth-order valence-corrected chi connectivity index (χ4v) is 2.52. The van der Waals surface area contributed by atoms with Gasteiger partial charge in [0, 0.05) is 6.04 Å². The zero-order chi connectivity index (χ0) is 15.3. The van der Waals surface area contributed by atoms with Gasteiger partial charge in [0.15, 0.2) is 0 Å². The molecule has 1 aliphatic heterocycles. The van der Waals surface area contributed by atoms with Crippen LogP contribution in [0.1, 0.15) is 53.9 Å². The maximum atomic E-state index is 12.2. The number of hydrogen-bond acceptors (Lipinski definition) is 5. The fourth-order valence-electron chi connectivity index (χ4n) is 2.52. The Morgan fingerprint density at radius 3 is 2.55 bits per heavy atom. The van der Waals surface area contributed by atoms with E-state index in [-0.39, 0.29) is 24.0 Å². The van der Waals surface area contributed by atoms with Crippen LogP contribution in [-0.2, 0) is 19.1 Å². The zero-order valence-corrected chi connectivity index (χ0v) is 13.3. The van der Waals surface area contributed by atoms with Gasteiger partial charge in [0.2, 0.25) is 0 Å². The van der Waals surface area contributed by atoms with E-state index in [0.29, 0.717) is 13.0 Å². The summed E-state index contributed by atoms with van der Waals surface area (Å²) < 4.78 is 10.4. The van der Waals surface area contributed by atoms with Gasteiger partial charge in [-0.2, -0.15) is 0 Å². The van der Waals surface area contributed by atoms with Crippen molar-refractivity contribution in [2.75, 3.05) is 13.2 Å². The van der Waals surface area contributed by atoms with E-state index >= 15 is 0 Å². The molecule has 1 aliphatic rings. The Bertz CT molecular complexity index is 348. The second-order valence-corrected chi connectivity index (χ2v) is 6.29. The lowest BCUT2D eigenvalue weighted by Gasteiger charge is -2.31. The van der Waals surface area contributed by atoms with Gasteiger partial charge in [-0.25, -0.2) is 0 Å². The Hall–Kier alpha value is -1.10. The molecule has 116 valence electrons. The third-order valence-corrected chi connectivity index (χ3v) is 3.31. The van der Waals surface area contributed by atoms with Gasteiger partial charge in [-0.05, 0) is 54.0 Å². The second-order valence-electron chi connectivity index (χ2n) is 6.29. The van der Waals surface area contributed by atoms with Gasteiger partial charge in [0.25, 0.3) is 0 Å². The van der Waals surface area contributed by atoms with E-state index in [1.54, 1.807) is 6.92 Å². The topological polar surface area (TPSA) is 55.8 Å². The minimum atomic E-state index is -0.476. The lowest BCUT2D eigenvalue weighted by Crippen LogP contribution is -2.45. The Balaban J connectivity index is 2.60. The van der Waals surface area contributed by atoms with Crippen molar-refractivity contribution in [1.29, 1.82) is 0 Å². The van der Waals surface area contributed by atoms with Crippen LogP contribution in [0.3, 0.4) is 0 Å². The molecule has 1 fully saturated rings. The monoisotopic (exact) mass is 285 g/mol. The predicted octanol–water partition coefficient (Wildman–Crippen LogP) is 2.13. The highest BCUT2D eigenvalue weighted by Gasteiger charge is 2.37. The largest absolute Gasteiger partial charge is 0.466 e. The van der Waals surface area contributed by atoms with Crippen LogP contribution in [0.4, 0.5) is 0 Å². The summed E-state index contributed by atoms with van der Waals surface area (Å²) in [5, 5.41) is 0. The highest BCUT2D eigenvalue weighted by atomic mass is 16.6. The molecule has 5 nitrogen and oxygen atoms in total. The zero-order valence-electron chi connectivity index (χ0n) is 13.3. The van der Waals surface area contributed by atoms with Crippen molar-refractivity contribution in [3.63, 3.8) is 0 Å². The molecular formula is C15H27NO4. The maximum Gasteiger partial charge on any atom is 0.323 e. The molecule has 0 N–H and O–H groups in total. The Morgan fingerprint density at radius 2 is 2.00 bits per heavy atom. The molecule has 0 bridgehead atoms. The SMILES string of the molecule is CCOC(=O)CC(C)N1CCC[C@H]1C(=O)OC(C)(C)C. The van der Waals surface area contributed by atoms with Crippen LogP contribution in [0.5, 0.6) is 0 Å². The summed E-state index contributed by atoms with van der Waals surface area (Å²) in [6.07, 6.45) is 2.06. The Labute approximate surface area is 121 Å². The molecule has 20 heavy (non-hydrogen) atoms. The molecule has 0 spiro atoms. The highest BCUT2D eigenvalue weighted by Crippen LogP contribution is 2.24. The van der Waals surface area contributed by atoms with Crippen molar-refractivity contribution in [1.82, 2.24) is 4.90 Å². The minimum Gasteiger partial charge on any atom is -0.466 e. The first kappa shape index (κ1) is 17.0. The van der Waals surface area contributed by atoms with Crippen LogP contribution < -0.4 is 0 Å². The average molecular weight is 285 g/mol. The van der Waals surface area contributed by atoms with Gasteiger partial charge in [0.05, 0.1) is 13.0 Å². The second kappa shape index (κ2) is 7.07. The van der Waals surface area contributed by atoms with Crippen LogP contribution in [0.25, 0.3) is 0 Å². The number of carbonyl (C=O) groups excluding carboxylic acids is 2. The molecule has 1 unspecified atom stereocenters. The average Bonchev–Trinajstić information content (AvgIpc) is 2.75. The summed E-state index contributed by atoms with van der Waals surface area (Å²) in [5.74, 6) is -0.402. The Kier molecular flexibility index (Phi) is 5.99. The highest BCUT2D eigenvalue weighted by molar-refractivity contribution is 5.77. The number of rotatable bonds is 5. The molecule has 0 aromatic heterocycles. The molecule has 0 aromatic carbocycles. The first-order chi connectivity index (χ1) is 9.24. The van der Waals surface area contributed by atoms with E-state index < -0.39 is 5.60 Å². The maximum absolute atomic E-state index is 12.2. The van der Waals surface area contributed by atoms with Gasteiger partial charge in [-0.1, -0.05) is 0 Å². The minimum absolute atomic E-state index is 0.00549. The molecule has 1 heterocycles. The van der Waals surface area contributed by atoms with E-state index in [4.69, 9.17) is 9.47 Å². The van der Waals surface area contributed by atoms with E-state index in [2.05, 4.69) is 4.90 Å². The summed E-state index contributed by atoms with van der Waals surface area (Å²) in [6.45, 7) is 10.6. The van der Waals surface area contributed by atoms with E-state index in [1.807, 2.05) is 27.7 Å². The van der Waals surface area contributed by atoms with Crippen molar-refractivity contribution in [3.8, 4) is 0 Å². The summed E-state index contributed by atoms with van der Waals surface area (Å²) in [7, 11) is 0. The van der Waals surface area contributed by atoms with Gasteiger partial charge < -0.3 is 9.47 Å². The molecular weight excluding hydrogens is 258 g/mol. The molecule has 1 rings (SSSR count). The van der Waals surface area contributed by atoms with Gasteiger partial charge in [-0.15, -0.1) is 0 Å². The van der Waals surface area contributed by atoms with Crippen molar-refractivity contribution >= 4 is 11.9 Å². The van der Waals surface area contributed by atoms with Gasteiger partial charge in [-0.3, -0.25) is 14.5 Å². The lowest BCUT2D eigenvalue weighted by atomic mass is 10.1. The predicted molar refractivity (Wildman–Crippen MR) is 76.3 cm³/mol. The third kappa shape index (κ3) is 5.12. The van der Waals surface area contributed by atoms with Gasteiger partial charge in [0.1, 0.15) is 11.6 Å². The fraction of sp³-hybridized carbons (Fsp3) is 0.867. The molecule has 0 aliphatic carbocycles. The van der Waals surface area contributed by atoms with E-state index in [0.717, 1.165) is 19.4 Å². The van der Waals surface area contributed by atoms with Crippen molar-refractivity contribution in [2.45, 2.75) is 71.6 Å². The van der Waals surface area contributed by atoms with Crippen LogP contribution in [0, 0.1) is 0 Å². The van der Waals surface area contributed by atoms with E-state index in [9.17, 15) is 9.59 Å². The molecule has 5 heteroatoms. The number of nitrogens with zero attached hydrogens (tertiary/aromatic N) is 1. The number of hydrogen-bond donors (Lipinski definition) is 0. The van der Waals surface area contributed by atoms with Crippen LogP contribution in [0.2, 0.25) is 0 Å².